The molecule has 0 bridgehead atoms. The van der Waals surface area contributed by atoms with Crippen LogP contribution in [0.25, 0.3) is 0 Å². The van der Waals surface area contributed by atoms with Gasteiger partial charge in [0.2, 0.25) is 0 Å². The average Bonchev–Trinajstić information content (AvgIpc) is 2.73. The number of nitrogens with one attached hydrogen (secondary N) is 2. The van der Waals surface area contributed by atoms with Gasteiger partial charge in [-0.25, -0.2) is 4.39 Å². The molecule has 21 heavy (non-hydrogen) atoms. The molecule has 0 fully saturated rings. The van der Waals surface area contributed by atoms with Crippen molar-refractivity contribution in [3.05, 3.63) is 63.9 Å². The highest BCUT2D eigenvalue weighted by molar-refractivity contribution is 6.31. The van der Waals surface area contributed by atoms with Crippen LogP contribution in [0.2, 0.25) is 5.02 Å². The molecule has 0 atom stereocenters. The van der Waals surface area contributed by atoms with E-state index in [-0.39, 0.29) is 6.54 Å². The lowest BCUT2D eigenvalue weighted by Crippen LogP contribution is -2.19. The highest BCUT2D eigenvalue weighted by atomic mass is 35.5. The smallest absolute Gasteiger partial charge is 0.259 e. The number of hydrogen-bond acceptors (Lipinski definition) is 3. The standard InChI is InChI=1S/C15H10ClFN2O2/c16-12-2-1-3-13(17)11(12)7-18-8-4-5-9-10(6-8)15(21)19-14(9)20/h1-6,18H,7H2,(H,19,20,21). The van der Waals surface area contributed by atoms with Crippen molar-refractivity contribution in [1.29, 1.82) is 0 Å². The van der Waals surface area contributed by atoms with Gasteiger partial charge in [-0.1, -0.05) is 17.7 Å². The molecule has 2 amide bonds. The maximum Gasteiger partial charge on any atom is 0.259 e. The molecule has 1 aliphatic heterocycles. The quantitative estimate of drug-likeness (QED) is 0.857. The maximum absolute atomic E-state index is 13.7. The molecule has 2 aromatic carbocycles. The number of anilines is 1. The van der Waals surface area contributed by atoms with Crippen LogP contribution in [0.15, 0.2) is 36.4 Å². The SMILES string of the molecule is O=C1NC(=O)c2cc(NCc3c(F)cccc3Cl)ccc21. The highest BCUT2D eigenvalue weighted by Gasteiger charge is 2.26. The van der Waals surface area contributed by atoms with Crippen molar-refractivity contribution in [2.24, 2.45) is 0 Å². The van der Waals surface area contributed by atoms with Gasteiger partial charge >= 0.3 is 0 Å². The lowest BCUT2D eigenvalue weighted by molar-refractivity contribution is 0.0879. The van der Waals surface area contributed by atoms with Gasteiger partial charge in [0.1, 0.15) is 5.82 Å². The molecule has 3 rings (SSSR count). The first-order valence-corrected chi connectivity index (χ1v) is 6.60. The van der Waals surface area contributed by atoms with Crippen molar-refractivity contribution in [3.8, 4) is 0 Å². The van der Waals surface area contributed by atoms with Gasteiger partial charge in [0, 0.05) is 22.8 Å². The van der Waals surface area contributed by atoms with Gasteiger partial charge in [-0.3, -0.25) is 14.9 Å². The monoisotopic (exact) mass is 304 g/mol. The van der Waals surface area contributed by atoms with Crippen LogP contribution in [0.1, 0.15) is 26.3 Å². The first-order valence-electron chi connectivity index (χ1n) is 6.23. The summed E-state index contributed by atoms with van der Waals surface area (Å²) in [6.45, 7) is 0.180. The molecule has 2 N–H and O–H groups in total. The Hall–Kier alpha value is -2.40. The predicted molar refractivity (Wildman–Crippen MR) is 77.0 cm³/mol. The molecule has 6 heteroatoms. The Kier molecular flexibility index (Phi) is 3.35. The Labute approximate surface area is 124 Å². The molecule has 0 saturated heterocycles. The van der Waals surface area contributed by atoms with E-state index in [1.165, 1.54) is 12.1 Å². The number of amides is 2. The van der Waals surface area contributed by atoms with Crippen LogP contribution in [-0.4, -0.2) is 11.8 Å². The summed E-state index contributed by atoms with van der Waals surface area (Å²) < 4.78 is 13.7. The van der Waals surface area contributed by atoms with Gasteiger partial charge in [0.25, 0.3) is 11.8 Å². The van der Waals surface area contributed by atoms with Crippen LogP contribution in [0.3, 0.4) is 0 Å². The molecule has 106 valence electrons. The van der Waals surface area contributed by atoms with E-state index < -0.39 is 17.6 Å². The number of halogens is 2. The zero-order chi connectivity index (χ0) is 15.0. The van der Waals surface area contributed by atoms with Crippen LogP contribution in [0, 0.1) is 5.82 Å². The normalized spacial score (nSPS) is 13.0. The van der Waals surface area contributed by atoms with Crippen LogP contribution in [-0.2, 0) is 6.54 Å². The third-order valence-corrected chi connectivity index (χ3v) is 3.62. The van der Waals surface area contributed by atoms with Crippen molar-refractivity contribution >= 4 is 29.1 Å². The van der Waals surface area contributed by atoms with Crippen LogP contribution < -0.4 is 10.6 Å². The van der Waals surface area contributed by atoms with Crippen molar-refractivity contribution < 1.29 is 14.0 Å². The second kappa shape index (κ2) is 5.18. The largest absolute Gasteiger partial charge is 0.381 e. The summed E-state index contributed by atoms with van der Waals surface area (Å²) in [6, 6.07) is 9.25. The number of hydrogen-bond donors (Lipinski definition) is 2. The summed E-state index contributed by atoms with van der Waals surface area (Å²) >= 11 is 5.94. The topological polar surface area (TPSA) is 58.2 Å². The fraction of sp³-hybridized carbons (Fsp3) is 0.0667. The molecule has 0 radical (unpaired) electrons. The molecular weight excluding hydrogens is 295 g/mol. The second-order valence-electron chi connectivity index (χ2n) is 4.60. The molecule has 1 heterocycles. The number of imide groups is 1. The minimum absolute atomic E-state index is 0.180. The van der Waals surface area contributed by atoms with Crippen molar-refractivity contribution in [2.75, 3.05) is 5.32 Å². The third-order valence-electron chi connectivity index (χ3n) is 3.27. The maximum atomic E-state index is 13.7. The molecular formula is C15H10ClFN2O2. The third kappa shape index (κ3) is 2.48. The predicted octanol–water partition coefficient (Wildman–Crippen LogP) is 2.97. The summed E-state index contributed by atoms with van der Waals surface area (Å²) in [6.07, 6.45) is 0. The summed E-state index contributed by atoms with van der Waals surface area (Å²) in [5.74, 6) is -1.23. The van der Waals surface area contributed by atoms with Crippen LogP contribution >= 0.6 is 11.6 Å². The van der Waals surface area contributed by atoms with Gasteiger partial charge in [0.15, 0.2) is 0 Å². The van der Waals surface area contributed by atoms with E-state index in [4.69, 9.17) is 11.6 Å². The van der Waals surface area contributed by atoms with Gasteiger partial charge < -0.3 is 5.32 Å². The van der Waals surface area contributed by atoms with E-state index in [2.05, 4.69) is 10.6 Å². The molecule has 2 aromatic rings. The average molecular weight is 305 g/mol. The number of carbonyl (C=O) groups excluding carboxylic acids is 2. The summed E-state index contributed by atoms with van der Waals surface area (Å²) in [7, 11) is 0. The van der Waals surface area contributed by atoms with Gasteiger partial charge in [-0.15, -0.1) is 0 Å². The summed E-state index contributed by atoms with van der Waals surface area (Å²) in [5.41, 5.74) is 1.61. The Balaban J connectivity index is 1.82. The molecule has 4 nitrogen and oxygen atoms in total. The Morgan fingerprint density at radius 3 is 2.62 bits per heavy atom. The lowest BCUT2D eigenvalue weighted by Gasteiger charge is -2.09. The zero-order valence-corrected chi connectivity index (χ0v) is 11.5. The second-order valence-corrected chi connectivity index (χ2v) is 5.00. The first kappa shape index (κ1) is 13.6. The van der Waals surface area contributed by atoms with E-state index in [0.29, 0.717) is 27.4 Å². The lowest BCUT2D eigenvalue weighted by atomic mass is 10.1. The van der Waals surface area contributed by atoms with E-state index in [1.807, 2.05) is 0 Å². The number of fused-ring (bicyclic) bond motifs is 1. The zero-order valence-electron chi connectivity index (χ0n) is 10.7. The number of rotatable bonds is 3. The fourth-order valence-electron chi connectivity index (χ4n) is 2.17. The Morgan fingerprint density at radius 2 is 1.86 bits per heavy atom. The van der Waals surface area contributed by atoms with E-state index in [0.717, 1.165) is 0 Å². The van der Waals surface area contributed by atoms with E-state index in [9.17, 15) is 14.0 Å². The number of carbonyl (C=O) groups is 2. The molecule has 1 aliphatic rings. The van der Waals surface area contributed by atoms with E-state index >= 15 is 0 Å². The molecule has 0 aromatic heterocycles. The minimum Gasteiger partial charge on any atom is -0.381 e. The summed E-state index contributed by atoms with van der Waals surface area (Å²) in [4.78, 5) is 23.0. The summed E-state index contributed by atoms with van der Waals surface area (Å²) in [5, 5.41) is 5.54. The van der Waals surface area contributed by atoms with Crippen LogP contribution in [0.5, 0.6) is 0 Å². The van der Waals surface area contributed by atoms with Crippen LogP contribution in [0.4, 0.5) is 10.1 Å². The van der Waals surface area contributed by atoms with Crippen molar-refractivity contribution in [2.45, 2.75) is 6.54 Å². The van der Waals surface area contributed by atoms with Gasteiger partial charge in [-0.05, 0) is 30.3 Å². The fourth-order valence-corrected chi connectivity index (χ4v) is 2.40. The first-order chi connectivity index (χ1) is 10.1. The Bertz CT molecular complexity index is 741. The Morgan fingerprint density at radius 1 is 1.10 bits per heavy atom. The molecule has 0 unspecified atom stereocenters. The van der Waals surface area contributed by atoms with E-state index in [1.54, 1.807) is 24.3 Å². The number of benzene rings is 2. The van der Waals surface area contributed by atoms with Crippen molar-refractivity contribution in [1.82, 2.24) is 5.32 Å². The van der Waals surface area contributed by atoms with Gasteiger partial charge in [0.05, 0.1) is 11.1 Å². The molecule has 0 aliphatic carbocycles. The molecule has 0 saturated carbocycles. The van der Waals surface area contributed by atoms with Gasteiger partial charge in [-0.2, -0.15) is 0 Å². The highest BCUT2D eigenvalue weighted by Crippen LogP contribution is 2.23. The van der Waals surface area contributed by atoms with Crippen molar-refractivity contribution in [3.63, 3.8) is 0 Å². The molecule has 0 spiro atoms. The minimum atomic E-state index is -0.428.